The highest BCUT2D eigenvalue weighted by atomic mass is 16.5. The second-order valence-electron chi connectivity index (χ2n) is 11.4. The summed E-state index contributed by atoms with van der Waals surface area (Å²) in [6, 6.07) is 5.86. The molecule has 1 unspecified atom stereocenters. The van der Waals surface area contributed by atoms with Crippen molar-refractivity contribution in [3.63, 3.8) is 0 Å². The van der Waals surface area contributed by atoms with E-state index in [1.54, 1.807) is 35.5 Å². The zero-order valence-corrected chi connectivity index (χ0v) is 24.6. The largest absolute Gasteiger partial charge is 0.486 e. The van der Waals surface area contributed by atoms with Crippen LogP contribution in [0.4, 0.5) is 23.0 Å². The van der Waals surface area contributed by atoms with Gasteiger partial charge in [-0.05, 0) is 44.8 Å². The molecule has 3 fully saturated rings. The highest BCUT2D eigenvalue weighted by Gasteiger charge is 2.24. The molecule has 1 aromatic carbocycles. The summed E-state index contributed by atoms with van der Waals surface area (Å²) in [6.07, 6.45) is 14.6. The maximum atomic E-state index is 13.1. The number of amides is 2. The number of carbonyl (C=O) groups is 2. The number of aromatic nitrogens is 3. The number of anilines is 4. The number of pyridine rings is 1. The highest BCUT2D eigenvalue weighted by molar-refractivity contribution is 6.05. The normalized spacial score (nSPS) is 18.8. The Hall–Kier alpha value is -4.60. The van der Waals surface area contributed by atoms with E-state index < -0.39 is 0 Å². The van der Waals surface area contributed by atoms with Gasteiger partial charge in [0.25, 0.3) is 0 Å². The van der Waals surface area contributed by atoms with E-state index in [0.717, 1.165) is 70.0 Å². The van der Waals surface area contributed by atoms with Crippen LogP contribution in [-0.4, -0.2) is 65.7 Å². The van der Waals surface area contributed by atoms with Crippen LogP contribution in [0.25, 0.3) is 10.9 Å². The van der Waals surface area contributed by atoms with Gasteiger partial charge in [0.2, 0.25) is 18.3 Å². The van der Waals surface area contributed by atoms with Crippen LogP contribution in [0.15, 0.2) is 42.4 Å². The Bertz CT molecular complexity index is 1570. The number of nitrogens with zero attached hydrogens (tertiary/aromatic N) is 5. The van der Waals surface area contributed by atoms with Crippen molar-refractivity contribution in [1.82, 2.24) is 20.3 Å². The second kappa shape index (κ2) is 13.8. The SMILES string of the molecule is N#Cc1cnc2cc(OC3CCOC3)c(NC(=O)C=C3CCNCC3)cc2c1Nc1cnc(N(C=O)C2CCCCC2)nc1. The van der Waals surface area contributed by atoms with E-state index in [-0.39, 0.29) is 18.1 Å². The van der Waals surface area contributed by atoms with Crippen LogP contribution < -0.4 is 25.6 Å². The van der Waals surface area contributed by atoms with Gasteiger partial charge in [-0.2, -0.15) is 5.26 Å². The van der Waals surface area contributed by atoms with Crippen molar-refractivity contribution in [3.8, 4) is 11.8 Å². The molecule has 0 radical (unpaired) electrons. The first-order valence-corrected chi connectivity index (χ1v) is 15.3. The summed E-state index contributed by atoms with van der Waals surface area (Å²) >= 11 is 0. The van der Waals surface area contributed by atoms with Crippen molar-refractivity contribution in [2.24, 2.45) is 0 Å². The summed E-state index contributed by atoms with van der Waals surface area (Å²) in [5, 5.41) is 20.2. The number of fused-ring (bicyclic) bond motifs is 1. The first kappa shape index (κ1) is 29.5. The lowest BCUT2D eigenvalue weighted by Crippen LogP contribution is -2.36. The Kier molecular flexibility index (Phi) is 9.24. The van der Waals surface area contributed by atoms with Crippen LogP contribution >= 0.6 is 0 Å². The minimum Gasteiger partial charge on any atom is -0.486 e. The average Bonchev–Trinajstić information content (AvgIpc) is 3.57. The predicted molar refractivity (Wildman–Crippen MR) is 166 cm³/mol. The molecule has 2 aliphatic heterocycles. The van der Waals surface area contributed by atoms with Crippen molar-refractivity contribution in [1.29, 1.82) is 5.26 Å². The average molecular weight is 597 g/mol. The van der Waals surface area contributed by atoms with Gasteiger partial charge in [0.1, 0.15) is 17.9 Å². The summed E-state index contributed by atoms with van der Waals surface area (Å²) in [6.45, 7) is 2.78. The van der Waals surface area contributed by atoms with Gasteiger partial charge in [0.05, 0.1) is 53.7 Å². The molecule has 228 valence electrons. The van der Waals surface area contributed by atoms with Crippen molar-refractivity contribution in [2.75, 3.05) is 41.8 Å². The Morgan fingerprint density at radius 3 is 2.59 bits per heavy atom. The van der Waals surface area contributed by atoms with Crippen LogP contribution in [0.1, 0.15) is 56.9 Å². The second-order valence-corrected chi connectivity index (χ2v) is 11.4. The van der Waals surface area contributed by atoms with Gasteiger partial charge in [-0.25, -0.2) is 9.97 Å². The Labute approximate surface area is 255 Å². The van der Waals surface area contributed by atoms with Crippen LogP contribution in [-0.2, 0) is 14.3 Å². The fraction of sp³-hybridized carbons (Fsp3) is 0.438. The molecule has 12 heteroatoms. The summed E-state index contributed by atoms with van der Waals surface area (Å²) < 4.78 is 11.8. The minimum atomic E-state index is -0.241. The molecule has 1 aliphatic carbocycles. The molecule has 4 heterocycles. The van der Waals surface area contributed by atoms with Crippen LogP contribution in [0.2, 0.25) is 0 Å². The van der Waals surface area contributed by atoms with Gasteiger partial charge >= 0.3 is 0 Å². The van der Waals surface area contributed by atoms with Gasteiger partial charge in [-0.3, -0.25) is 19.5 Å². The van der Waals surface area contributed by atoms with E-state index in [4.69, 9.17) is 9.47 Å². The van der Waals surface area contributed by atoms with E-state index in [2.05, 4.69) is 37.0 Å². The molecule has 2 saturated heterocycles. The fourth-order valence-electron chi connectivity index (χ4n) is 5.99. The summed E-state index contributed by atoms with van der Waals surface area (Å²) in [5.41, 5.74) is 3.49. The number of nitriles is 1. The highest BCUT2D eigenvalue weighted by Crippen LogP contribution is 2.37. The molecule has 2 aromatic heterocycles. The van der Waals surface area contributed by atoms with Crippen molar-refractivity contribution in [3.05, 3.63) is 47.9 Å². The maximum Gasteiger partial charge on any atom is 0.248 e. The number of nitrogens with one attached hydrogen (secondary N) is 3. The summed E-state index contributed by atoms with van der Waals surface area (Å²) in [5.74, 6) is 0.593. The molecule has 0 spiro atoms. The molecule has 1 saturated carbocycles. The van der Waals surface area contributed by atoms with E-state index in [1.165, 1.54) is 12.6 Å². The molecule has 1 atom stereocenters. The van der Waals surface area contributed by atoms with Crippen LogP contribution in [0.3, 0.4) is 0 Å². The molecule has 3 aromatic rings. The molecular formula is C32H36N8O4. The molecule has 3 aliphatic rings. The number of carbonyl (C=O) groups excluding carboxylic acids is 2. The number of piperidine rings is 1. The van der Waals surface area contributed by atoms with E-state index in [1.807, 2.05) is 0 Å². The standard InChI is InChI=1S/C32H36N8O4/c33-15-22-16-35-27-14-29(44-25-8-11-43-19-25)28(39-30(42)12-21-6-9-34-10-7-21)13-26(27)31(22)38-23-17-36-32(37-18-23)40(20-41)24-4-2-1-3-5-24/h12-14,16-18,20,24-25,34H,1-11,19H2,(H,35,38)(H,39,42). The number of ether oxygens (including phenoxy) is 2. The third-order valence-corrected chi connectivity index (χ3v) is 8.33. The molecule has 12 nitrogen and oxygen atoms in total. The minimum absolute atomic E-state index is 0.0978. The zero-order valence-electron chi connectivity index (χ0n) is 24.6. The third-order valence-electron chi connectivity index (χ3n) is 8.33. The monoisotopic (exact) mass is 596 g/mol. The topological polar surface area (TPSA) is 154 Å². The van der Waals surface area contributed by atoms with Crippen LogP contribution in [0.5, 0.6) is 5.75 Å². The summed E-state index contributed by atoms with van der Waals surface area (Å²) in [7, 11) is 0. The molecule has 2 amide bonds. The van der Waals surface area contributed by atoms with Crippen molar-refractivity contribution in [2.45, 2.75) is 63.5 Å². The fourth-order valence-corrected chi connectivity index (χ4v) is 5.99. The first-order valence-electron chi connectivity index (χ1n) is 15.3. The number of hydrogen-bond donors (Lipinski definition) is 3. The lowest BCUT2D eigenvalue weighted by atomic mass is 9.95. The lowest BCUT2D eigenvalue weighted by molar-refractivity contribution is -0.112. The maximum absolute atomic E-state index is 13.1. The van der Waals surface area contributed by atoms with Crippen molar-refractivity contribution < 1.29 is 19.1 Å². The van der Waals surface area contributed by atoms with E-state index >= 15 is 0 Å². The Morgan fingerprint density at radius 1 is 1.09 bits per heavy atom. The van der Waals surface area contributed by atoms with E-state index in [0.29, 0.717) is 58.4 Å². The van der Waals surface area contributed by atoms with Gasteiger partial charge < -0.3 is 25.4 Å². The first-order chi connectivity index (χ1) is 21.6. The van der Waals surface area contributed by atoms with Gasteiger partial charge in [0, 0.05) is 36.2 Å². The van der Waals surface area contributed by atoms with Gasteiger partial charge in [-0.1, -0.05) is 24.8 Å². The number of hydrogen-bond acceptors (Lipinski definition) is 10. The number of rotatable bonds is 9. The van der Waals surface area contributed by atoms with Gasteiger partial charge in [-0.15, -0.1) is 0 Å². The smallest absolute Gasteiger partial charge is 0.248 e. The molecule has 3 N–H and O–H groups in total. The van der Waals surface area contributed by atoms with Crippen LogP contribution in [0, 0.1) is 11.3 Å². The summed E-state index contributed by atoms with van der Waals surface area (Å²) in [4.78, 5) is 40.1. The molecule has 6 rings (SSSR count). The number of benzene rings is 1. The van der Waals surface area contributed by atoms with E-state index in [9.17, 15) is 14.9 Å². The third kappa shape index (κ3) is 6.79. The molecular weight excluding hydrogens is 560 g/mol. The molecule has 44 heavy (non-hydrogen) atoms. The zero-order chi connectivity index (χ0) is 30.3. The predicted octanol–water partition coefficient (Wildman–Crippen LogP) is 4.35. The molecule has 0 bridgehead atoms. The van der Waals surface area contributed by atoms with Crippen molar-refractivity contribution >= 4 is 46.2 Å². The Balaban J connectivity index is 1.32. The Morgan fingerprint density at radius 2 is 1.89 bits per heavy atom. The lowest BCUT2D eigenvalue weighted by Gasteiger charge is -2.29. The quantitative estimate of drug-likeness (QED) is 0.240. The van der Waals surface area contributed by atoms with Gasteiger partial charge in [0.15, 0.2) is 0 Å².